The van der Waals surface area contributed by atoms with Gasteiger partial charge < -0.3 is 20.5 Å². The van der Waals surface area contributed by atoms with Gasteiger partial charge in [0, 0.05) is 12.0 Å². The Hall–Kier alpha value is -3.35. The van der Waals surface area contributed by atoms with Gasteiger partial charge in [0.2, 0.25) is 5.91 Å². The minimum Gasteiger partial charge on any atom is -0.481 e. The molecule has 1 saturated carbocycles. The van der Waals surface area contributed by atoms with Gasteiger partial charge in [-0.05, 0) is 41.5 Å². The number of carboxylic acids is 1. The Morgan fingerprint density at radius 2 is 1.61 bits per heavy atom. The molecule has 0 unspecified atom stereocenters. The maximum absolute atomic E-state index is 12.8. The van der Waals surface area contributed by atoms with E-state index in [1.807, 2.05) is 36.4 Å². The maximum atomic E-state index is 12.8. The van der Waals surface area contributed by atoms with Gasteiger partial charge in [0.05, 0.1) is 5.92 Å². The second kappa shape index (κ2) is 10.1. The Balaban J connectivity index is 1.36. The summed E-state index contributed by atoms with van der Waals surface area (Å²) >= 11 is 0. The fourth-order valence-corrected chi connectivity index (χ4v) is 5.02. The number of nitrogens with one attached hydrogen (secondary N) is 2. The van der Waals surface area contributed by atoms with Crippen LogP contribution in [0.1, 0.15) is 56.1 Å². The van der Waals surface area contributed by atoms with Crippen LogP contribution in [0.5, 0.6) is 0 Å². The van der Waals surface area contributed by atoms with Crippen LogP contribution in [0, 0.1) is 5.92 Å². The minimum atomic E-state index is -0.891. The molecule has 4 rings (SSSR count). The summed E-state index contributed by atoms with van der Waals surface area (Å²) in [5, 5.41) is 14.9. The zero-order chi connectivity index (χ0) is 23.4. The number of carboxylic acid groups (broad SMARTS) is 1. The van der Waals surface area contributed by atoms with Crippen molar-refractivity contribution >= 4 is 18.0 Å². The molecule has 7 heteroatoms. The summed E-state index contributed by atoms with van der Waals surface area (Å²) in [4.78, 5) is 36.8. The summed E-state index contributed by atoms with van der Waals surface area (Å²) in [5.41, 5.74) is 4.53. The molecule has 2 aromatic rings. The van der Waals surface area contributed by atoms with Gasteiger partial charge in [-0.1, -0.05) is 68.3 Å². The van der Waals surface area contributed by atoms with Gasteiger partial charge in [0.1, 0.15) is 12.6 Å². The molecule has 3 atom stereocenters. The van der Waals surface area contributed by atoms with E-state index in [-0.39, 0.29) is 18.4 Å². The van der Waals surface area contributed by atoms with Crippen LogP contribution in [0.3, 0.4) is 0 Å². The first-order chi connectivity index (χ1) is 16.0. The first kappa shape index (κ1) is 22.8. The molecule has 0 heterocycles. The van der Waals surface area contributed by atoms with Crippen LogP contribution in [0.2, 0.25) is 0 Å². The fraction of sp³-hybridized carbons (Fsp3) is 0.423. The number of ether oxygens (including phenoxy) is 1. The van der Waals surface area contributed by atoms with E-state index in [0.717, 1.165) is 35.1 Å². The average molecular weight is 451 g/mol. The van der Waals surface area contributed by atoms with E-state index in [2.05, 4.69) is 22.8 Å². The van der Waals surface area contributed by atoms with Crippen LogP contribution < -0.4 is 10.6 Å². The van der Waals surface area contributed by atoms with Gasteiger partial charge in [-0.2, -0.15) is 0 Å². The topological polar surface area (TPSA) is 105 Å². The van der Waals surface area contributed by atoms with E-state index in [1.165, 1.54) is 0 Å². The van der Waals surface area contributed by atoms with Gasteiger partial charge >= 0.3 is 12.1 Å². The molecule has 0 bridgehead atoms. The number of amides is 2. The average Bonchev–Trinajstić information content (AvgIpc) is 3.15. The molecule has 0 radical (unpaired) electrons. The fourth-order valence-electron chi connectivity index (χ4n) is 5.02. The Morgan fingerprint density at radius 3 is 2.21 bits per heavy atom. The summed E-state index contributed by atoms with van der Waals surface area (Å²) in [5.74, 6) is -1.91. The quantitative estimate of drug-likeness (QED) is 0.590. The highest BCUT2D eigenvalue weighted by Crippen LogP contribution is 2.44. The molecule has 1 fully saturated rings. The lowest BCUT2D eigenvalue weighted by Crippen LogP contribution is -2.53. The number of carbonyl (C=O) groups is 3. The molecule has 3 N–H and O–H groups in total. The SMILES string of the molecule is CC[C@H](NC(=O)OCC1c2ccccc2-c2ccccc21)C(=O)N[C@H]1CCCC[C@H]1C(=O)O. The zero-order valence-electron chi connectivity index (χ0n) is 18.8. The van der Waals surface area contributed by atoms with E-state index in [0.29, 0.717) is 19.3 Å². The van der Waals surface area contributed by atoms with Crippen molar-refractivity contribution in [1.29, 1.82) is 0 Å². The molecule has 0 aromatic heterocycles. The van der Waals surface area contributed by atoms with Crippen LogP contribution in [-0.4, -0.2) is 41.8 Å². The molecule has 2 aliphatic carbocycles. The van der Waals surface area contributed by atoms with Gasteiger partial charge in [-0.15, -0.1) is 0 Å². The summed E-state index contributed by atoms with van der Waals surface area (Å²) in [6, 6.07) is 15.0. The molecule has 2 aromatic carbocycles. The van der Waals surface area contributed by atoms with Crippen LogP contribution in [0.25, 0.3) is 11.1 Å². The number of alkyl carbamates (subject to hydrolysis) is 1. The smallest absolute Gasteiger partial charge is 0.407 e. The van der Waals surface area contributed by atoms with Gasteiger partial charge in [0.25, 0.3) is 0 Å². The second-order valence-corrected chi connectivity index (χ2v) is 8.77. The summed E-state index contributed by atoms with van der Waals surface area (Å²) in [7, 11) is 0. The lowest BCUT2D eigenvalue weighted by Gasteiger charge is -2.30. The Labute approximate surface area is 193 Å². The molecular weight excluding hydrogens is 420 g/mol. The third-order valence-electron chi connectivity index (χ3n) is 6.77. The summed E-state index contributed by atoms with van der Waals surface area (Å²) < 4.78 is 5.55. The van der Waals surface area contributed by atoms with Crippen molar-refractivity contribution < 1.29 is 24.2 Å². The van der Waals surface area contributed by atoms with Crippen molar-refractivity contribution in [3.8, 4) is 11.1 Å². The Morgan fingerprint density at radius 1 is 1.00 bits per heavy atom. The van der Waals surface area contributed by atoms with E-state index >= 15 is 0 Å². The van der Waals surface area contributed by atoms with Gasteiger partial charge in [0.15, 0.2) is 0 Å². The largest absolute Gasteiger partial charge is 0.481 e. The molecule has 7 nitrogen and oxygen atoms in total. The van der Waals surface area contributed by atoms with E-state index in [9.17, 15) is 19.5 Å². The molecule has 33 heavy (non-hydrogen) atoms. The Kier molecular flexibility index (Phi) is 6.96. The lowest BCUT2D eigenvalue weighted by molar-refractivity contribution is -0.144. The number of hydrogen-bond acceptors (Lipinski definition) is 4. The standard InChI is InChI=1S/C26H30N2O5/c1-2-22(24(29)27-23-14-8-7-13-20(23)25(30)31)28-26(32)33-15-21-18-11-5-3-9-16(18)17-10-4-6-12-19(17)21/h3-6,9-12,20-23H,2,7-8,13-15H2,1H3,(H,27,29)(H,28,32)(H,30,31)/t20-,22+,23+/m1/s1. The number of hydrogen-bond donors (Lipinski definition) is 3. The first-order valence-electron chi connectivity index (χ1n) is 11.6. The highest BCUT2D eigenvalue weighted by Gasteiger charge is 2.34. The van der Waals surface area contributed by atoms with Crippen molar-refractivity contribution in [2.75, 3.05) is 6.61 Å². The first-order valence-corrected chi connectivity index (χ1v) is 11.6. The predicted octanol–water partition coefficient (Wildman–Crippen LogP) is 4.06. The second-order valence-electron chi connectivity index (χ2n) is 8.77. The third kappa shape index (κ3) is 4.87. The number of rotatable bonds is 7. The normalized spacial score (nSPS) is 20.3. The van der Waals surface area contributed by atoms with Gasteiger partial charge in [-0.25, -0.2) is 4.79 Å². The number of benzene rings is 2. The van der Waals surface area contributed by atoms with Crippen molar-refractivity contribution in [3.63, 3.8) is 0 Å². The predicted molar refractivity (Wildman–Crippen MR) is 124 cm³/mol. The number of aliphatic carboxylic acids is 1. The number of carbonyl (C=O) groups excluding carboxylic acids is 2. The third-order valence-corrected chi connectivity index (χ3v) is 6.77. The minimum absolute atomic E-state index is 0.0596. The van der Waals surface area contributed by atoms with E-state index in [4.69, 9.17) is 4.74 Å². The highest BCUT2D eigenvalue weighted by molar-refractivity contribution is 5.86. The van der Waals surface area contributed by atoms with E-state index < -0.39 is 30.1 Å². The van der Waals surface area contributed by atoms with Crippen LogP contribution in [0.15, 0.2) is 48.5 Å². The lowest BCUT2D eigenvalue weighted by atomic mass is 9.84. The molecule has 0 spiro atoms. The molecule has 0 aliphatic heterocycles. The molecule has 2 aliphatic rings. The zero-order valence-corrected chi connectivity index (χ0v) is 18.8. The van der Waals surface area contributed by atoms with Crippen LogP contribution in [0.4, 0.5) is 4.79 Å². The van der Waals surface area contributed by atoms with Crippen molar-refractivity contribution in [1.82, 2.24) is 10.6 Å². The van der Waals surface area contributed by atoms with Crippen molar-refractivity contribution in [2.24, 2.45) is 5.92 Å². The summed E-state index contributed by atoms with van der Waals surface area (Å²) in [6.45, 7) is 1.96. The summed E-state index contributed by atoms with van der Waals surface area (Å²) in [6.07, 6.45) is 2.63. The highest BCUT2D eigenvalue weighted by atomic mass is 16.5. The molecular formula is C26H30N2O5. The maximum Gasteiger partial charge on any atom is 0.407 e. The van der Waals surface area contributed by atoms with Crippen molar-refractivity contribution in [2.45, 2.75) is 57.0 Å². The van der Waals surface area contributed by atoms with Gasteiger partial charge in [-0.3, -0.25) is 9.59 Å². The monoisotopic (exact) mass is 450 g/mol. The van der Waals surface area contributed by atoms with Crippen LogP contribution in [-0.2, 0) is 14.3 Å². The molecule has 0 saturated heterocycles. The van der Waals surface area contributed by atoms with Crippen LogP contribution >= 0.6 is 0 Å². The molecule has 174 valence electrons. The van der Waals surface area contributed by atoms with Crippen molar-refractivity contribution in [3.05, 3.63) is 59.7 Å². The number of fused-ring (bicyclic) bond motifs is 3. The molecule has 2 amide bonds. The Bertz CT molecular complexity index is 991. The van der Waals surface area contributed by atoms with E-state index in [1.54, 1.807) is 6.92 Å².